The molecule has 0 saturated heterocycles. The summed E-state index contributed by atoms with van der Waals surface area (Å²) in [6, 6.07) is 0. The Kier molecular flexibility index (Phi) is 3.29. The van der Waals surface area contributed by atoms with Gasteiger partial charge in [0.15, 0.2) is 11.5 Å². The van der Waals surface area contributed by atoms with E-state index in [1.165, 1.54) is 6.08 Å². The maximum absolute atomic E-state index is 11.5. The van der Waals surface area contributed by atoms with Gasteiger partial charge in [0.05, 0.1) is 5.70 Å². The second kappa shape index (κ2) is 4.29. The summed E-state index contributed by atoms with van der Waals surface area (Å²) < 4.78 is 0. The molecule has 0 bridgehead atoms. The number of carbonyl (C=O) groups is 2. The average molecular weight is 209 g/mol. The lowest BCUT2D eigenvalue weighted by Crippen LogP contribution is -2.30. The predicted octanol–water partition coefficient (Wildman–Crippen LogP) is 1.05. The van der Waals surface area contributed by atoms with Crippen molar-refractivity contribution in [1.82, 2.24) is 4.90 Å². The fraction of sp³-hybridized carbons (Fsp3) is 0.455. The molecular weight excluding hydrogens is 194 g/mol. The van der Waals surface area contributed by atoms with E-state index < -0.39 is 11.5 Å². The highest BCUT2D eigenvalue weighted by molar-refractivity contribution is 6.18. The van der Waals surface area contributed by atoms with E-state index in [1.807, 2.05) is 13.8 Å². The maximum Gasteiger partial charge on any atom is 0.243 e. The van der Waals surface area contributed by atoms with Gasteiger partial charge in [0.2, 0.25) is 5.78 Å². The number of nitrogens with zero attached hydrogens (tertiary/aromatic N) is 1. The summed E-state index contributed by atoms with van der Waals surface area (Å²) in [6.07, 6.45) is 2.19. The molecule has 0 unspecified atom stereocenters. The van der Waals surface area contributed by atoms with Crippen LogP contribution in [0.2, 0.25) is 0 Å². The molecule has 1 N–H and O–H groups in total. The smallest absolute Gasteiger partial charge is 0.243 e. The van der Waals surface area contributed by atoms with Gasteiger partial charge in [-0.25, -0.2) is 0 Å². The van der Waals surface area contributed by atoms with Gasteiger partial charge < -0.3 is 10.0 Å². The Labute approximate surface area is 88.9 Å². The van der Waals surface area contributed by atoms with Gasteiger partial charge >= 0.3 is 0 Å². The van der Waals surface area contributed by atoms with Crippen LogP contribution >= 0.6 is 0 Å². The Hall–Kier alpha value is -1.58. The van der Waals surface area contributed by atoms with Gasteiger partial charge in [-0.3, -0.25) is 9.59 Å². The lowest BCUT2D eigenvalue weighted by atomic mass is 10.1. The molecule has 15 heavy (non-hydrogen) atoms. The average Bonchev–Trinajstić information content (AvgIpc) is 2.09. The van der Waals surface area contributed by atoms with Crippen LogP contribution in [0, 0.1) is 5.92 Å². The van der Waals surface area contributed by atoms with E-state index in [0.29, 0.717) is 12.5 Å². The SMILES string of the molecule is CC(C)CN(C)C1=CC(=O)C=C(O)C1=O. The van der Waals surface area contributed by atoms with Crippen LogP contribution in [0.3, 0.4) is 0 Å². The molecule has 0 saturated carbocycles. The summed E-state index contributed by atoms with van der Waals surface area (Å²) in [7, 11) is 1.73. The van der Waals surface area contributed by atoms with E-state index in [1.54, 1.807) is 11.9 Å². The minimum Gasteiger partial charge on any atom is -0.504 e. The van der Waals surface area contributed by atoms with Crippen molar-refractivity contribution < 1.29 is 14.7 Å². The molecule has 4 nitrogen and oxygen atoms in total. The van der Waals surface area contributed by atoms with Crippen LogP contribution in [0.4, 0.5) is 0 Å². The Balaban J connectivity index is 2.86. The van der Waals surface area contributed by atoms with Gasteiger partial charge in [-0.2, -0.15) is 0 Å². The van der Waals surface area contributed by atoms with Crippen LogP contribution in [0.5, 0.6) is 0 Å². The Morgan fingerprint density at radius 2 is 1.93 bits per heavy atom. The van der Waals surface area contributed by atoms with Crippen molar-refractivity contribution in [2.45, 2.75) is 13.8 Å². The molecule has 1 aliphatic rings. The Bertz CT molecular complexity index is 353. The molecule has 82 valence electrons. The van der Waals surface area contributed by atoms with E-state index in [0.717, 1.165) is 6.08 Å². The molecule has 0 aromatic heterocycles. The summed E-state index contributed by atoms with van der Waals surface area (Å²) in [4.78, 5) is 24.3. The molecule has 4 heteroatoms. The van der Waals surface area contributed by atoms with Gasteiger partial charge in [-0.05, 0) is 5.92 Å². The summed E-state index contributed by atoms with van der Waals surface area (Å²) in [5.41, 5.74) is 0.258. The highest BCUT2D eigenvalue weighted by Crippen LogP contribution is 2.14. The topological polar surface area (TPSA) is 57.6 Å². The number of aliphatic hydroxyl groups excluding tert-OH is 1. The first-order chi connectivity index (χ1) is 6.91. The third-order valence-electron chi connectivity index (χ3n) is 2.07. The lowest BCUT2D eigenvalue weighted by Gasteiger charge is -2.24. The Morgan fingerprint density at radius 3 is 2.47 bits per heavy atom. The van der Waals surface area contributed by atoms with E-state index in [9.17, 15) is 14.7 Å². The number of aliphatic hydroxyl groups is 1. The van der Waals surface area contributed by atoms with Gasteiger partial charge in [-0.15, -0.1) is 0 Å². The van der Waals surface area contributed by atoms with Crippen molar-refractivity contribution >= 4 is 11.6 Å². The fourth-order valence-electron chi connectivity index (χ4n) is 1.50. The third kappa shape index (κ3) is 2.68. The fourth-order valence-corrected chi connectivity index (χ4v) is 1.50. The van der Waals surface area contributed by atoms with Crippen LogP contribution < -0.4 is 0 Å². The minimum atomic E-state index is -0.488. The zero-order valence-corrected chi connectivity index (χ0v) is 9.15. The van der Waals surface area contributed by atoms with Crippen LogP contribution in [0.1, 0.15) is 13.8 Å². The highest BCUT2D eigenvalue weighted by Gasteiger charge is 2.24. The first-order valence-corrected chi connectivity index (χ1v) is 4.84. The van der Waals surface area contributed by atoms with E-state index in [-0.39, 0.29) is 11.5 Å². The first kappa shape index (κ1) is 11.5. The normalized spacial score (nSPS) is 16.5. The maximum atomic E-state index is 11.5. The van der Waals surface area contributed by atoms with Crippen molar-refractivity contribution in [2.75, 3.05) is 13.6 Å². The number of carbonyl (C=O) groups excluding carboxylic acids is 2. The van der Waals surface area contributed by atoms with E-state index in [2.05, 4.69) is 0 Å². The predicted molar refractivity (Wildman–Crippen MR) is 56.3 cm³/mol. The second-order valence-electron chi connectivity index (χ2n) is 4.07. The molecule has 0 radical (unpaired) electrons. The quantitative estimate of drug-likeness (QED) is 0.706. The number of hydrogen-bond donors (Lipinski definition) is 1. The number of likely N-dealkylation sites (N-methyl/N-ethyl adjacent to an activating group) is 1. The van der Waals surface area contributed by atoms with Gasteiger partial charge in [0.1, 0.15) is 0 Å². The molecule has 0 atom stereocenters. The molecule has 0 aromatic carbocycles. The second-order valence-corrected chi connectivity index (χ2v) is 4.07. The van der Waals surface area contributed by atoms with Crippen molar-refractivity contribution in [3.8, 4) is 0 Å². The van der Waals surface area contributed by atoms with Crippen molar-refractivity contribution in [2.24, 2.45) is 5.92 Å². The number of rotatable bonds is 3. The first-order valence-electron chi connectivity index (χ1n) is 4.84. The zero-order chi connectivity index (χ0) is 11.6. The number of allylic oxidation sites excluding steroid dienone is 2. The number of Topliss-reactive ketones (excluding diaryl/α,β-unsaturated/α-hetero) is 1. The monoisotopic (exact) mass is 209 g/mol. The standard InChI is InChI=1S/C11H15NO3/c1-7(2)6-12(3)9-4-8(13)5-10(14)11(9)15/h4-5,7,14H,6H2,1-3H3. The molecule has 0 aromatic rings. The molecule has 0 spiro atoms. The largest absolute Gasteiger partial charge is 0.504 e. The van der Waals surface area contributed by atoms with Crippen molar-refractivity contribution in [3.05, 3.63) is 23.6 Å². The molecule has 1 aliphatic carbocycles. The van der Waals surface area contributed by atoms with Crippen LogP contribution in [-0.2, 0) is 9.59 Å². The third-order valence-corrected chi connectivity index (χ3v) is 2.07. The summed E-state index contributed by atoms with van der Waals surface area (Å²) in [6.45, 7) is 4.70. The summed E-state index contributed by atoms with van der Waals surface area (Å²) in [5, 5.41) is 9.22. The van der Waals surface area contributed by atoms with E-state index >= 15 is 0 Å². The molecular formula is C11H15NO3. The highest BCUT2D eigenvalue weighted by atomic mass is 16.3. The van der Waals surface area contributed by atoms with Crippen molar-refractivity contribution in [3.63, 3.8) is 0 Å². The van der Waals surface area contributed by atoms with Crippen LogP contribution in [-0.4, -0.2) is 35.2 Å². The zero-order valence-electron chi connectivity index (χ0n) is 9.15. The van der Waals surface area contributed by atoms with Crippen LogP contribution in [0.25, 0.3) is 0 Å². The van der Waals surface area contributed by atoms with Crippen LogP contribution in [0.15, 0.2) is 23.6 Å². The molecule has 0 heterocycles. The van der Waals surface area contributed by atoms with Gasteiger partial charge in [0, 0.05) is 25.7 Å². The number of hydrogen-bond acceptors (Lipinski definition) is 4. The van der Waals surface area contributed by atoms with Gasteiger partial charge in [-0.1, -0.05) is 13.8 Å². The van der Waals surface area contributed by atoms with Gasteiger partial charge in [0.25, 0.3) is 0 Å². The van der Waals surface area contributed by atoms with E-state index in [4.69, 9.17) is 0 Å². The lowest BCUT2D eigenvalue weighted by molar-refractivity contribution is -0.118. The summed E-state index contributed by atoms with van der Waals surface area (Å²) >= 11 is 0. The summed E-state index contributed by atoms with van der Waals surface area (Å²) in [5.74, 6) is -0.935. The molecule has 0 amide bonds. The molecule has 0 aliphatic heterocycles. The molecule has 0 fully saturated rings. The van der Waals surface area contributed by atoms with Crippen molar-refractivity contribution in [1.29, 1.82) is 0 Å². The minimum absolute atomic E-state index is 0.258. The Morgan fingerprint density at radius 1 is 1.33 bits per heavy atom. The molecule has 1 rings (SSSR count). The number of ketones is 2.